The summed E-state index contributed by atoms with van der Waals surface area (Å²) in [7, 11) is 1.66. The van der Waals surface area contributed by atoms with Gasteiger partial charge in [0.1, 0.15) is 18.2 Å². The van der Waals surface area contributed by atoms with Crippen molar-refractivity contribution in [1.29, 1.82) is 0 Å². The quantitative estimate of drug-likeness (QED) is 0.298. The van der Waals surface area contributed by atoms with Gasteiger partial charge >= 0.3 is 0 Å². The van der Waals surface area contributed by atoms with E-state index in [9.17, 15) is 0 Å². The van der Waals surface area contributed by atoms with Crippen molar-refractivity contribution in [2.45, 2.75) is 89.9 Å². The smallest absolute Gasteiger partial charge is 0.127 e. The fourth-order valence-corrected chi connectivity index (χ4v) is 6.56. The molecule has 2 aliphatic rings. The van der Waals surface area contributed by atoms with Gasteiger partial charge in [0.15, 0.2) is 0 Å². The molecule has 0 spiro atoms. The molecule has 0 radical (unpaired) electrons. The lowest BCUT2D eigenvalue weighted by atomic mass is 9.68. The number of halogens is 1. The fourth-order valence-electron chi connectivity index (χ4n) is 6.56. The normalized spacial score (nSPS) is 24.9. The predicted octanol–water partition coefficient (Wildman–Crippen LogP) is 9.18. The van der Waals surface area contributed by atoms with Crippen LogP contribution in [0.5, 0.6) is 5.75 Å². The molecule has 0 amide bonds. The van der Waals surface area contributed by atoms with Gasteiger partial charge in [0, 0.05) is 7.11 Å². The van der Waals surface area contributed by atoms with Gasteiger partial charge < -0.3 is 9.47 Å². The molecule has 35 heavy (non-hydrogen) atoms. The summed E-state index contributed by atoms with van der Waals surface area (Å²) >= 11 is 0. The van der Waals surface area contributed by atoms with Crippen molar-refractivity contribution in [2.75, 3.05) is 20.3 Å². The number of rotatable bonds is 11. The van der Waals surface area contributed by atoms with Crippen LogP contribution in [0, 0.1) is 23.6 Å². The molecule has 0 heterocycles. The van der Waals surface area contributed by atoms with E-state index >= 15 is 4.39 Å². The maximum Gasteiger partial charge on any atom is 0.127 e. The Morgan fingerprint density at radius 2 is 1.43 bits per heavy atom. The molecule has 192 valence electrons. The fraction of sp³-hybridized carbons (Fsp3) is 0.625. The van der Waals surface area contributed by atoms with Crippen molar-refractivity contribution in [3.8, 4) is 16.9 Å². The second kappa shape index (κ2) is 13.4. The zero-order valence-corrected chi connectivity index (χ0v) is 21.9. The number of unbranched alkanes of at least 4 members (excludes halogenated alkanes) is 2. The van der Waals surface area contributed by atoms with Crippen LogP contribution in [0.15, 0.2) is 42.5 Å². The van der Waals surface area contributed by atoms with Crippen LogP contribution in [0.2, 0.25) is 0 Å². The van der Waals surface area contributed by atoms with E-state index in [1.807, 2.05) is 30.3 Å². The molecular weight excluding hydrogens is 435 g/mol. The Morgan fingerprint density at radius 1 is 0.771 bits per heavy atom. The second-order valence-corrected chi connectivity index (χ2v) is 11.0. The minimum Gasteiger partial charge on any atom is -0.491 e. The zero-order valence-electron chi connectivity index (χ0n) is 21.9. The Labute approximate surface area is 212 Å². The molecule has 0 unspecified atom stereocenters. The molecular formula is C32H45FO2. The lowest BCUT2D eigenvalue weighted by molar-refractivity contribution is 0.146. The lowest BCUT2D eigenvalue weighted by Crippen LogP contribution is -2.25. The SMILES string of the molecule is CCCCCC1CCC(C2CCC(c3ccc(-c4ccc(OCCOC)cc4)cc3F)CC2)CC1. The van der Waals surface area contributed by atoms with Gasteiger partial charge in [0.05, 0.1) is 6.61 Å². The first-order valence-corrected chi connectivity index (χ1v) is 14.2. The zero-order chi connectivity index (χ0) is 24.5. The van der Waals surface area contributed by atoms with Crippen LogP contribution in [-0.4, -0.2) is 20.3 Å². The van der Waals surface area contributed by atoms with E-state index in [0.717, 1.165) is 53.0 Å². The molecule has 0 atom stereocenters. The van der Waals surface area contributed by atoms with Crippen molar-refractivity contribution in [3.05, 3.63) is 53.8 Å². The monoisotopic (exact) mass is 480 g/mol. The molecule has 3 heteroatoms. The summed E-state index contributed by atoms with van der Waals surface area (Å²) in [4.78, 5) is 0. The van der Waals surface area contributed by atoms with Crippen LogP contribution in [0.3, 0.4) is 0 Å². The highest BCUT2D eigenvalue weighted by atomic mass is 19.1. The van der Waals surface area contributed by atoms with Gasteiger partial charge in [0.25, 0.3) is 0 Å². The molecule has 4 rings (SSSR count). The van der Waals surface area contributed by atoms with Gasteiger partial charge in [0.2, 0.25) is 0 Å². The van der Waals surface area contributed by atoms with Crippen molar-refractivity contribution in [2.24, 2.45) is 17.8 Å². The summed E-state index contributed by atoms with van der Waals surface area (Å²) in [5.41, 5.74) is 2.87. The number of methoxy groups -OCH3 is 1. The Hall–Kier alpha value is -1.87. The number of hydrogen-bond acceptors (Lipinski definition) is 2. The molecule has 0 aromatic heterocycles. The highest BCUT2D eigenvalue weighted by Crippen LogP contribution is 2.45. The van der Waals surface area contributed by atoms with E-state index in [1.165, 1.54) is 64.2 Å². The maximum atomic E-state index is 15.2. The Kier molecular flexibility index (Phi) is 10.1. The summed E-state index contributed by atoms with van der Waals surface area (Å²) in [6.45, 7) is 3.39. The van der Waals surface area contributed by atoms with E-state index < -0.39 is 0 Å². The van der Waals surface area contributed by atoms with Gasteiger partial charge in [-0.3, -0.25) is 0 Å². The van der Waals surface area contributed by atoms with E-state index in [-0.39, 0.29) is 5.82 Å². The van der Waals surface area contributed by atoms with Gasteiger partial charge in [-0.15, -0.1) is 0 Å². The predicted molar refractivity (Wildman–Crippen MR) is 143 cm³/mol. The topological polar surface area (TPSA) is 18.5 Å². The summed E-state index contributed by atoms with van der Waals surface area (Å²) in [5, 5.41) is 0. The summed E-state index contributed by atoms with van der Waals surface area (Å²) in [6, 6.07) is 13.7. The highest BCUT2D eigenvalue weighted by Gasteiger charge is 2.31. The third-order valence-corrected chi connectivity index (χ3v) is 8.73. The van der Waals surface area contributed by atoms with Crippen molar-refractivity contribution in [1.82, 2.24) is 0 Å². The van der Waals surface area contributed by atoms with E-state index in [1.54, 1.807) is 13.2 Å². The largest absolute Gasteiger partial charge is 0.491 e. The van der Waals surface area contributed by atoms with Crippen molar-refractivity contribution >= 4 is 0 Å². The summed E-state index contributed by atoms with van der Waals surface area (Å²) < 4.78 is 25.8. The first kappa shape index (κ1) is 26.2. The van der Waals surface area contributed by atoms with Gasteiger partial charge in [-0.25, -0.2) is 4.39 Å². The minimum absolute atomic E-state index is 0.0426. The molecule has 0 N–H and O–H groups in total. The standard InChI is InChI=1S/C32H45FO2/c1-3-4-5-6-24-7-9-25(10-8-24)26-11-13-28(14-12-26)31-20-17-29(23-32(31)33)27-15-18-30(19-16-27)35-22-21-34-2/h15-20,23-26,28H,3-14,21-22H2,1-2H3. The van der Waals surface area contributed by atoms with Crippen LogP contribution >= 0.6 is 0 Å². The number of hydrogen-bond donors (Lipinski definition) is 0. The van der Waals surface area contributed by atoms with Gasteiger partial charge in [-0.1, -0.05) is 69.7 Å². The van der Waals surface area contributed by atoms with Crippen molar-refractivity contribution in [3.63, 3.8) is 0 Å². The maximum absolute atomic E-state index is 15.2. The molecule has 2 fully saturated rings. The minimum atomic E-state index is -0.0426. The summed E-state index contributed by atoms with van der Waals surface area (Å²) in [5.74, 6) is 3.92. The third-order valence-electron chi connectivity index (χ3n) is 8.73. The first-order valence-electron chi connectivity index (χ1n) is 14.2. The highest BCUT2D eigenvalue weighted by molar-refractivity contribution is 5.64. The number of ether oxygens (including phenoxy) is 2. The average Bonchev–Trinajstić information content (AvgIpc) is 2.90. The molecule has 2 saturated carbocycles. The average molecular weight is 481 g/mol. The molecule has 0 aliphatic heterocycles. The second-order valence-electron chi connectivity index (χ2n) is 11.0. The molecule has 2 aromatic carbocycles. The Bertz CT molecular complexity index is 877. The van der Waals surface area contributed by atoms with E-state index in [2.05, 4.69) is 13.0 Å². The van der Waals surface area contributed by atoms with Crippen LogP contribution in [0.1, 0.15) is 95.5 Å². The van der Waals surface area contributed by atoms with Crippen LogP contribution in [-0.2, 0) is 4.74 Å². The Balaban J connectivity index is 1.26. The van der Waals surface area contributed by atoms with Crippen LogP contribution < -0.4 is 4.74 Å². The Morgan fingerprint density at radius 3 is 2.06 bits per heavy atom. The van der Waals surface area contributed by atoms with E-state index in [0.29, 0.717) is 19.1 Å². The lowest BCUT2D eigenvalue weighted by Gasteiger charge is -2.38. The molecule has 2 aliphatic carbocycles. The van der Waals surface area contributed by atoms with Gasteiger partial charge in [-0.05, 0) is 97.1 Å². The van der Waals surface area contributed by atoms with Gasteiger partial charge in [-0.2, -0.15) is 0 Å². The molecule has 2 aromatic rings. The number of benzene rings is 2. The molecule has 0 bridgehead atoms. The van der Waals surface area contributed by atoms with E-state index in [4.69, 9.17) is 9.47 Å². The van der Waals surface area contributed by atoms with Crippen LogP contribution in [0.25, 0.3) is 11.1 Å². The molecule has 0 saturated heterocycles. The third kappa shape index (κ3) is 7.32. The van der Waals surface area contributed by atoms with Crippen LogP contribution in [0.4, 0.5) is 4.39 Å². The first-order chi connectivity index (χ1) is 17.2. The summed E-state index contributed by atoms with van der Waals surface area (Å²) in [6.07, 6.45) is 16.2. The van der Waals surface area contributed by atoms with Crippen molar-refractivity contribution < 1.29 is 13.9 Å². The molecule has 2 nitrogen and oxygen atoms in total.